The Labute approximate surface area is 159 Å². The molecule has 8 heteroatoms. The predicted molar refractivity (Wildman–Crippen MR) is 101 cm³/mol. The summed E-state index contributed by atoms with van der Waals surface area (Å²) in [6.45, 7) is -0.0808. The van der Waals surface area contributed by atoms with Crippen LogP contribution in [0.2, 0.25) is 0 Å². The monoisotopic (exact) mass is 391 g/mol. The van der Waals surface area contributed by atoms with Crippen LogP contribution in [0, 0.1) is 11.8 Å². The predicted octanol–water partition coefficient (Wildman–Crippen LogP) is 1.41. The molecule has 1 fully saturated rings. The molecule has 0 amide bonds. The van der Waals surface area contributed by atoms with Gasteiger partial charge in [0.25, 0.3) is 0 Å². The maximum absolute atomic E-state index is 10.9. The molecule has 0 spiro atoms. The van der Waals surface area contributed by atoms with Crippen molar-refractivity contribution in [2.45, 2.75) is 38.2 Å². The average Bonchev–Trinajstić information content (AvgIpc) is 2.98. The van der Waals surface area contributed by atoms with Crippen LogP contribution in [0.5, 0.6) is 0 Å². The van der Waals surface area contributed by atoms with Crippen molar-refractivity contribution < 1.29 is 17.7 Å². The molecule has 1 saturated carbocycles. The van der Waals surface area contributed by atoms with Gasteiger partial charge in [0.1, 0.15) is 6.33 Å². The molecule has 0 unspecified atom stereocenters. The smallest absolute Gasteiger partial charge is 0.333 e. The van der Waals surface area contributed by atoms with Crippen LogP contribution in [0.25, 0.3) is 0 Å². The van der Waals surface area contributed by atoms with Crippen LogP contribution in [0.4, 0.5) is 0 Å². The van der Waals surface area contributed by atoms with Crippen LogP contribution in [-0.2, 0) is 33.7 Å². The fourth-order valence-corrected chi connectivity index (χ4v) is 4.01. The van der Waals surface area contributed by atoms with Gasteiger partial charge in [0.15, 0.2) is 0 Å². The fourth-order valence-electron chi connectivity index (χ4n) is 3.65. The van der Waals surface area contributed by atoms with Crippen molar-refractivity contribution in [3.05, 3.63) is 59.7 Å². The molecule has 27 heavy (non-hydrogen) atoms. The summed E-state index contributed by atoms with van der Waals surface area (Å²) >= 11 is 0. The van der Waals surface area contributed by atoms with Gasteiger partial charge in [-0.25, -0.2) is 15.1 Å². The first-order chi connectivity index (χ1) is 12.9. The fraction of sp³-hybridized carbons (Fsp3) is 0.474. The number of aryl methyl sites for hydroxylation is 2. The summed E-state index contributed by atoms with van der Waals surface area (Å²) < 4.78 is 26.5. The van der Waals surface area contributed by atoms with Gasteiger partial charge in [-0.05, 0) is 49.7 Å². The molecule has 7 nitrogen and oxygen atoms in total. The lowest BCUT2D eigenvalue weighted by Gasteiger charge is -2.12. The second-order valence-electron chi connectivity index (χ2n) is 7.13. The topological polar surface area (TPSA) is 115 Å². The van der Waals surface area contributed by atoms with Gasteiger partial charge >= 0.3 is 10.3 Å². The summed E-state index contributed by atoms with van der Waals surface area (Å²) in [5.41, 5.74) is 3.21. The van der Waals surface area contributed by atoms with Crippen LogP contribution >= 0.6 is 0 Å². The van der Waals surface area contributed by atoms with E-state index >= 15 is 0 Å². The van der Waals surface area contributed by atoms with Crippen LogP contribution in [0.3, 0.4) is 0 Å². The number of nitrogens with zero attached hydrogens (tertiary/aromatic N) is 2. The molecule has 2 aromatic rings. The summed E-state index contributed by atoms with van der Waals surface area (Å²) in [5.74, 6) is -0.00124. The van der Waals surface area contributed by atoms with Gasteiger partial charge in [0, 0.05) is 17.3 Å². The number of aliphatic hydroxyl groups is 1. The number of rotatable bonds is 8. The normalized spacial score (nSPS) is 22.8. The zero-order valence-electron chi connectivity index (χ0n) is 15.1. The number of hydrogen-bond donors (Lipinski definition) is 2. The highest BCUT2D eigenvalue weighted by molar-refractivity contribution is 7.84. The highest BCUT2D eigenvalue weighted by Gasteiger charge is 2.34. The molecule has 0 bridgehead atoms. The minimum atomic E-state index is -3.98. The largest absolute Gasteiger partial charge is 0.393 e. The molecule has 0 radical (unpaired) electrons. The van der Waals surface area contributed by atoms with Gasteiger partial charge in [-0.2, -0.15) is 8.42 Å². The Balaban J connectivity index is 1.53. The molecule has 1 aromatic heterocycles. The van der Waals surface area contributed by atoms with Gasteiger partial charge in [0.2, 0.25) is 0 Å². The number of aromatic nitrogens is 2. The van der Waals surface area contributed by atoms with E-state index in [1.807, 2.05) is 24.3 Å². The zero-order valence-corrected chi connectivity index (χ0v) is 15.9. The van der Waals surface area contributed by atoms with E-state index in [4.69, 9.17) is 5.14 Å². The number of nitrogens with two attached hydrogens (primary N) is 1. The van der Waals surface area contributed by atoms with Gasteiger partial charge < -0.3 is 5.11 Å². The molecule has 1 aliphatic rings. The number of aliphatic hydroxyl groups excluding tert-OH is 1. The molecule has 1 aromatic carbocycles. The van der Waals surface area contributed by atoms with Crippen LogP contribution in [0.1, 0.15) is 29.8 Å². The van der Waals surface area contributed by atoms with E-state index in [2.05, 4.69) is 26.3 Å². The third kappa shape index (κ3) is 6.35. The van der Waals surface area contributed by atoms with Crippen molar-refractivity contribution in [1.82, 2.24) is 9.97 Å². The molecule has 1 aliphatic carbocycles. The Morgan fingerprint density at radius 3 is 2.59 bits per heavy atom. The Hall–Kier alpha value is -1.87. The summed E-state index contributed by atoms with van der Waals surface area (Å²) in [4.78, 5) is 8.71. The minimum Gasteiger partial charge on any atom is -0.393 e. The molecule has 3 N–H and O–H groups in total. The third-order valence-corrected chi connectivity index (χ3v) is 5.46. The highest BCUT2D eigenvalue weighted by Crippen LogP contribution is 2.33. The molecule has 146 valence electrons. The third-order valence-electron chi connectivity index (χ3n) is 4.99. The molecule has 0 saturated heterocycles. The van der Waals surface area contributed by atoms with Crippen molar-refractivity contribution in [2.75, 3.05) is 6.61 Å². The Morgan fingerprint density at radius 1 is 1.11 bits per heavy atom. The van der Waals surface area contributed by atoms with Crippen LogP contribution < -0.4 is 5.14 Å². The highest BCUT2D eigenvalue weighted by atomic mass is 32.2. The second-order valence-corrected chi connectivity index (χ2v) is 8.35. The van der Waals surface area contributed by atoms with E-state index in [0.29, 0.717) is 12.8 Å². The second kappa shape index (κ2) is 8.88. The average molecular weight is 391 g/mol. The first-order valence-corrected chi connectivity index (χ1v) is 10.5. The standard InChI is InChI=1S/C19H25N3O4S/c20-27(24,25)26-12-16-8-15(10-19(16)23)9-18-11-17(21-13-22-18)7-6-14-4-2-1-3-5-14/h1-5,11,13,15-16,19,23H,6-10,12H2,(H2,20,24,25)/t15-,16-,19-/m0/s1. The lowest BCUT2D eigenvalue weighted by atomic mass is 9.99. The summed E-state index contributed by atoms with van der Waals surface area (Å²) in [7, 11) is -3.98. The Morgan fingerprint density at radius 2 is 1.85 bits per heavy atom. The van der Waals surface area contributed by atoms with E-state index in [0.717, 1.165) is 30.7 Å². The number of benzene rings is 1. The summed E-state index contributed by atoms with van der Waals surface area (Å²) in [5, 5.41) is 15.0. The lowest BCUT2D eigenvalue weighted by molar-refractivity contribution is 0.100. The maximum atomic E-state index is 10.9. The molecule has 1 heterocycles. The summed E-state index contributed by atoms with van der Waals surface area (Å²) in [6.07, 6.45) is 4.77. The van der Waals surface area contributed by atoms with Crippen molar-refractivity contribution in [2.24, 2.45) is 17.0 Å². The Kier molecular flexibility index (Phi) is 6.54. The van der Waals surface area contributed by atoms with Crippen molar-refractivity contribution in [3.63, 3.8) is 0 Å². The van der Waals surface area contributed by atoms with Crippen LogP contribution in [0.15, 0.2) is 42.7 Å². The van der Waals surface area contributed by atoms with Crippen molar-refractivity contribution in [3.8, 4) is 0 Å². The van der Waals surface area contributed by atoms with E-state index in [1.165, 1.54) is 5.56 Å². The van der Waals surface area contributed by atoms with E-state index in [1.54, 1.807) is 6.33 Å². The maximum Gasteiger partial charge on any atom is 0.333 e. The zero-order chi connectivity index (χ0) is 19.3. The molecular weight excluding hydrogens is 366 g/mol. The quantitative estimate of drug-likeness (QED) is 0.703. The molecule has 0 aliphatic heterocycles. The van der Waals surface area contributed by atoms with E-state index in [-0.39, 0.29) is 18.4 Å². The molecular formula is C19H25N3O4S. The van der Waals surface area contributed by atoms with E-state index < -0.39 is 16.4 Å². The first kappa shape index (κ1) is 19.9. The molecule has 3 rings (SSSR count). The van der Waals surface area contributed by atoms with Gasteiger partial charge in [0.05, 0.1) is 12.7 Å². The van der Waals surface area contributed by atoms with Gasteiger partial charge in [-0.1, -0.05) is 30.3 Å². The number of hydrogen-bond acceptors (Lipinski definition) is 6. The summed E-state index contributed by atoms with van der Waals surface area (Å²) in [6, 6.07) is 12.3. The van der Waals surface area contributed by atoms with Gasteiger partial charge in [-0.3, -0.25) is 4.18 Å². The van der Waals surface area contributed by atoms with Crippen molar-refractivity contribution >= 4 is 10.3 Å². The SMILES string of the molecule is NS(=O)(=O)OC[C@@H]1C[C@@H](Cc2cc(CCc3ccccc3)ncn2)C[C@@H]1O. The minimum absolute atomic E-state index is 0.0808. The Bertz CT molecular complexity index is 845. The van der Waals surface area contributed by atoms with Crippen molar-refractivity contribution in [1.29, 1.82) is 0 Å². The van der Waals surface area contributed by atoms with Gasteiger partial charge in [-0.15, -0.1) is 0 Å². The first-order valence-electron chi connectivity index (χ1n) is 9.08. The van der Waals surface area contributed by atoms with Crippen LogP contribution in [-0.4, -0.2) is 36.2 Å². The lowest BCUT2D eigenvalue weighted by Crippen LogP contribution is -2.24. The van der Waals surface area contributed by atoms with E-state index in [9.17, 15) is 13.5 Å². The molecule has 3 atom stereocenters.